The zero-order valence-corrected chi connectivity index (χ0v) is 12.3. The molecule has 1 aromatic carbocycles. The summed E-state index contributed by atoms with van der Waals surface area (Å²) >= 11 is 5.91. The molecule has 2 N–H and O–H groups in total. The first-order valence-electron chi connectivity index (χ1n) is 7.05. The monoisotopic (exact) mass is 296 g/mol. The molecule has 110 valence electrons. The van der Waals surface area contributed by atoms with Crippen LogP contribution in [0, 0.1) is 0 Å². The van der Waals surface area contributed by atoms with E-state index in [1.165, 1.54) is 0 Å². The van der Waals surface area contributed by atoms with Crippen LogP contribution < -0.4 is 5.32 Å². The molecule has 0 saturated carbocycles. The van der Waals surface area contributed by atoms with Gasteiger partial charge in [0.1, 0.15) is 0 Å². The Balaban J connectivity index is 1.67. The Hall–Kier alpha value is -1.10. The second-order valence-corrected chi connectivity index (χ2v) is 5.70. The van der Waals surface area contributed by atoms with Gasteiger partial charge in [0.25, 0.3) is 0 Å². The summed E-state index contributed by atoms with van der Waals surface area (Å²) in [5.74, 6) is 0.0149. The van der Waals surface area contributed by atoms with Gasteiger partial charge in [-0.15, -0.1) is 0 Å². The van der Waals surface area contributed by atoms with E-state index >= 15 is 0 Å². The number of likely N-dealkylation sites (tertiary alicyclic amines) is 1. The number of β-amino-alcohol motifs (C(OH)–C–C–N with tert-alkyl or cyclic N) is 1. The minimum atomic E-state index is -0.289. The van der Waals surface area contributed by atoms with Crippen molar-refractivity contribution in [3.05, 3.63) is 34.9 Å². The number of benzene rings is 1. The molecule has 0 unspecified atom stereocenters. The number of carbonyl (C=O) groups is 1. The van der Waals surface area contributed by atoms with E-state index in [2.05, 4.69) is 5.32 Å². The Kier molecular flexibility index (Phi) is 5.83. The highest BCUT2D eigenvalue weighted by Crippen LogP contribution is 2.11. The minimum absolute atomic E-state index is 0.0149. The van der Waals surface area contributed by atoms with Crippen LogP contribution in [0.25, 0.3) is 0 Å². The summed E-state index contributed by atoms with van der Waals surface area (Å²) in [5.41, 5.74) is 1.12. The average molecular weight is 297 g/mol. The normalized spacial score (nSPS) is 19.8. The van der Waals surface area contributed by atoms with E-state index in [9.17, 15) is 9.90 Å². The third-order valence-corrected chi connectivity index (χ3v) is 3.71. The van der Waals surface area contributed by atoms with Crippen LogP contribution in [0.1, 0.15) is 18.4 Å². The Morgan fingerprint density at radius 2 is 2.35 bits per heavy atom. The summed E-state index contributed by atoms with van der Waals surface area (Å²) in [6.07, 6.45) is 2.28. The molecular formula is C15H21ClN2O2. The number of nitrogens with zero attached hydrogens (tertiary/aromatic N) is 1. The van der Waals surface area contributed by atoms with E-state index in [0.717, 1.165) is 36.4 Å². The van der Waals surface area contributed by atoms with Gasteiger partial charge < -0.3 is 10.4 Å². The fraction of sp³-hybridized carbons (Fsp3) is 0.533. The molecule has 0 bridgehead atoms. The number of hydrogen-bond acceptors (Lipinski definition) is 3. The van der Waals surface area contributed by atoms with Crippen LogP contribution in [0.4, 0.5) is 0 Å². The fourth-order valence-corrected chi connectivity index (χ4v) is 2.69. The third kappa shape index (κ3) is 5.12. The first kappa shape index (κ1) is 15.3. The van der Waals surface area contributed by atoms with Gasteiger partial charge in [-0.2, -0.15) is 0 Å². The topological polar surface area (TPSA) is 52.6 Å². The molecule has 4 nitrogen and oxygen atoms in total. The van der Waals surface area contributed by atoms with E-state index < -0.39 is 0 Å². The second-order valence-electron chi connectivity index (χ2n) is 5.26. The molecule has 0 aliphatic carbocycles. The SMILES string of the molecule is O=C(CN1CCC[C@H](O)C1)NCCc1cccc(Cl)c1. The van der Waals surface area contributed by atoms with Gasteiger partial charge in [0.15, 0.2) is 0 Å². The summed E-state index contributed by atoms with van der Waals surface area (Å²) in [7, 11) is 0. The lowest BCUT2D eigenvalue weighted by atomic mass is 10.1. The highest BCUT2D eigenvalue weighted by molar-refractivity contribution is 6.30. The van der Waals surface area contributed by atoms with Gasteiger partial charge in [0, 0.05) is 18.1 Å². The van der Waals surface area contributed by atoms with Crippen molar-refractivity contribution in [3.8, 4) is 0 Å². The van der Waals surface area contributed by atoms with Crippen molar-refractivity contribution < 1.29 is 9.90 Å². The average Bonchev–Trinajstić information content (AvgIpc) is 2.38. The van der Waals surface area contributed by atoms with E-state index in [0.29, 0.717) is 19.6 Å². The van der Waals surface area contributed by atoms with Gasteiger partial charge in [0.05, 0.1) is 12.6 Å². The van der Waals surface area contributed by atoms with Gasteiger partial charge in [-0.3, -0.25) is 9.69 Å². The first-order valence-corrected chi connectivity index (χ1v) is 7.43. The summed E-state index contributed by atoms with van der Waals surface area (Å²) in [5, 5.41) is 13.2. The molecule has 1 aliphatic rings. The molecule has 1 aliphatic heterocycles. The van der Waals surface area contributed by atoms with E-state index in [4.69, 9.17) is 11.6 Å². The number of aliphatic hydroxyl groups is 1. The zero-order chi connectivity index (χ0) is 14.4. The maximum Gasteiger partial charge on any atom is 0.234 e. The second kappa shape index (κ2) is 7.62. The van der Waals surface area contributed by atoms with E-state index in [1.807, 2.05) is 29.2 Å². The number of hydrogen-bond donors (Lipinski definition) is 2. The zero-order valence-electron chi connectivity index (χ0n) is 11.5. The Morgan fingerprint density at radius 1 is 1.50 bits per heavy atom. The van der Waals surface area contributed by atoms with Crippen LogP contribution in [-0.4, -0.2) is 48.2 Å². The highest BCUT2D eigenvalue weighted by atomic mass is 35.5. The van der Waals surface area contributed by atoms with Gasteiger partial charge in [-0.25, -0.2) is 0 Å². The van der Waals surface area contributed by atoms with Crippen molar-refractivity contribution in [2.45, 2.75) is 25.4 Å². The molecule has 1 saturated heterocycles. The fourth-order valence-electron chi connectivity index (χ4n) is 2.47. The van der Waals surface area contributed by atoms with Crippen LogP contribution >= 0.6 is 11.6 Å². The molecule has 5 heteroatoms. The van der Waals surface area contributed by atoms with E-state index in [-0.39, 0.29) is 12.0 Å². The van der Waals surface area contributed by atoms with Gasteiger partial charge in [0.2, 0.25) is 5.91 Å². The van der Waals surface area contributed by atoms with Gasteiger partial charge in [-0.1, -0.05) is 23.7 Å². The summed E-state index contributed by atoms with van der Waals surface area (Å²) in [6.45, 7) is 2.46. The largest absolute Gasteiger partial charge is 0.392 e. The lowest BCUT2D eigenvalue weighted by Gasteiger charge is -2.29. The first-order chi connectivity index (χ1) is 9.63. The van der Waals surface area contributed by atoms with Crippen LogP contribution in [0.5, 0.6) is 0 Å². The maximum absolute atomic E-state index is 11.8. The standard InChI is InChI=1S/C15H21ClN2O2/c16-13-4-1-3-12(9-13)6-7-17-15(20)11-18-8-2-5-14(19)10-18/h1,3-4,9,14,19H,2,5-8,10-11H2,(H,17,20)/t14-/m0/s1. The maximum atomic E-state index is 11.8. The van der Waals surface area contributed by atoms with Crippen LogP contribution in [0.15, 0.2) is 24.3 Å². The van der Waals surface area contributed by atoms with Crippen LogP contribution in [0.3, 0.4) is 0 Å². The molecule has 20 heavy (non-hydrogen) atoms. The summed E-state index contributed by atoms with van der Waals surface area (Å²) in [6, 6.07) is 7.66. The van der Waals surface area contributed by atoms with Gasteiger partial charge in [-0.05, 0) is 43.5 Å². The number of aliphatic hydroxyl groups excluding tert-OH is 1. The van der Waals surface area contributed by atoms with Crippen molar-refractivity contribution >= 4 is 17.5 Å². The lowest BCUT2D eigenvalue weighted by molar-refractivity contribution is -0.122. The summed E-state index contributed by atoms with van der Waals surface area (Å²) < 4.78 is 0. The Labute approximate surface area is 124 Å². The van der Waals surface area contributed by atoms with Crippen molar-refractivity contribution in [3.63, 3.8) is 0 Å². The predicted octanol–water partition coefficient (Wildman–Crippen LogP) is 1.46. The molecule has 1 aromatic rings. The summed E-state index contributed by atoms with van der Waals surface area (Å²) in [4.78, 5) is 13.8. The number of nitrogens with one attached hydrogen (secondary N) is 1. The van der Waals surface area contributed by atoms with Crippen molar-refractivity contribution in [2.75, 3.05) is 26.2 Å². The lowest BCUT2D eigenvalue weighted by Crippen LogP contribution is -2.44. The minimum Gasteiger partial charge on any atom is -0.392 e. The predicted molar refractivity (Wildman–Crippen MR) is 79.8 cm³/mol. The molecule has 2 rings (SSSR count). The molecule has 0 aromatic heterocycles. The smallest absolute Gasteiger partial charge is 0.234 e. The Morgan fingerprint density at radius 3 is 3.10 bits per heavy atom. The van der Waals surface area contributed by atoms with E-state index in [1.54, 1.807) is 0 Å². The molecule has 1 atom stereocenters. The molecule has 1 amide bonds. The van der Waals surface area contributed by atoms with Crippen LogP contribution in [0.2, 0.25) is 5.02 Å². The van der Waals surface area contributed by atoms with Crippen LogP contribution in [-0.2, 0) is 11.2 Å². The Bertz CT molecular complexity index is 453. The number of halogens is 1. The van der Waals surface area contributed by atoms with Crippen molar-refractivity contribution in [2.24, 2.45) is 0 Å². The van der Waals surface area contributed by atoms with Crippen molar-refractivity contribution in [1.82, 2.24) is 10.2 Å². The van der Waals surface area contributed by atoms with Gasteiger partial charge >= 0.3 is 0 Å². The number of amides is 1. The molecule has 1 heterocycles. The quantitative estimate of drug-likeness (QED) is 0.865. The van der Waals surface area contributed by atoms with Crippen molar-refractivity contribution in [1.29, 1.82) is 0 Å². The highest BCUT2D eigenvalue weighted by Gasteiger charge is 2.19. The molecule has 0 spiro atoms. The number of rotatable bonds is 5. The molecule has 1 fully saturated rings. The number of piperidine rings is 1. The number of carbonyl (C=O) groups excluding carboxylic acids is 1. The molecule has 0 radical (unpaired) electrons. The third-order valence-electron chi connectivity index (χ3n) is 3.47. The molecular weight excluding hydrogens is 276 g/mol.